The number of unbranched alkanes of at least 4 members (excludes halogenated alkanes) is 2. The maximum atomic E-state index is 4.85. The molecule has 1 unspecified atom stereocenters. The first kappa shape index (κ1) is 16.9. The molecule has 1 heterocycles. The highest BCUT2D eigenvalue weighted by Crippen LogP contribution is 2.27. The van der Waals surface area contributed by atoms with Gasteiger partial charge in [-0.1, -0.05) is 58.7 Å². The first-order valence-corrected chi connectivity index (χ1v) is 8.85. The van der Waals surface area contributed by atoms with E-state index in [0.717, 1.165) is 6.54 Å². The number of aliphatic imine (C=N–C) groups is 1. The Balaban J connectivity index is 2.46. The minimum absolute atomic E-state index is 0.260. The van der Waals surface area contributed by atoms with Crippen molar-refractivity contribution in [3.8, 4) is 0 Å². The summed E-state index contributed by atoms with van der Waals surface area (Å²) in [5.41, 5.74) is 0.598. The van der Waals surface area contributed by atoms with E-state index < -0.39 is 0 Å². The molecule has 1 atom stereocenters. The molecule has 19 heavy (non-hydrogen) atoms. The third-order valence-corrected chi connectivity index (χ3v) is 5.10. The van der Waals surface area contributed by atoms with Crippen LogP contribution < -0.4 is 5.32 Å². The van der Waals surface area contributed by atoms with Crippen LogP contribution >= 0.6 is 11.8 Å². The molecule has 0 aromatic heterocycles. The molecule has 1 rings (SSSR count). The van der Waals surface area contributed by atoms with Gasteiger partial charge in [-0.05, 0) is 31.6 Å². The van der Waals surface area contributed by atoms with E-state index in [1.807, 2.05) is 11.8 Å². The van der Waals surface area contributed by atoms with E-state index in [9.17, 15) is 0 Å². The molecule has 0 spiro atoms. The Kier molecular flexibility index (Phi) is 6.72. The SMILES string of the molecule is CCCCCC(C)(C)CN=C1NC(C)(CC)CCS1. The Hall–Kier alpha value is -0.180. The lowest BCUT2D eigenvalue weighted by molar-refractivity contribution is 0.331. The van der Waals surface area contributed by atoms with Crippen LogP contribution in [0.1, 0.15) is 73.1 Å². The summed E-state index contributed by atoms with van der Waals surface area (Å²) in [6.07, 6.45) is 7.69. The standard InChI is InChI=1S/C16H32N2S/c1-6-8-9-10-15(3,4)13-17-14-18-16(5,7-2)11-12-19-14/h6-13H2,1-5H3,(H,17,18). The second kappa shape index (κ2) is 7.56. The Morgan fingerprint density at radius 1 is 1.32 bits per heavy atom. The van der Waals surface area contributed by atoms with Gasteiger partial charge in [0.25, 0.3) is 0 Å². The van der Waals surface area contributed by atoms with Crippen LogP contribution in [0.2, 0.25) is 0 Å². The van der Waals surface area contributed by atoms with Gasteiger partial charge in [0.2, 0.25) is 0 Å². The molecule has 112 valence electrons. The fraction of sp³-hybridized carbons (Fsp3) is 0.938. The predicted octanol–water partition coefficient (Wildman–Crippen LogP) is 4.84. The molecule has 0 saturated carbocycles. The van der Waals surface area contributed by atoms with Crippen LogP contribution in [-0.2, 0) is 0 Å². The maximum Gasteiger partial charge on any atom is 0.156 e. The first-order valence-electron chi connectivity index (χ1n) is 7.86. The zero-order valence-corrected chi connectivity index (χ0v) is 14.3. The molecule has 0 amide bonds. The molecule has 1 N–H and O–H groups in total. The quantitative estimate of drug-likeness (QED) is 0.676. The van der Waals surface area contributed by atoms with Crippen LogP contribution in [0.15, 0.2) is 4.99 Å². The zero-order chi connectivity index (χ0) is 14.4. The molecule has 1 fully saturated rings. The van der Waals surface area contributed by atoms with E-state index in [0.29, 0.717) is 5.41 Å². The number of rotatable bonds is 7. The van der Waals surface area contributed by atoms with E-state index >= 15 is 0 Å². The summed E-state index contributed by atoms with van der Waals surface area (Å²) in [6.45, 7) is 12.5. The van der Waals surface area contributed by atoms with Gasteiger partial charge in [0, 0.05) is 17.8 Å². The van der Waals surface area contributed by atoms with Crippen LogP contribution in [0.4, 0.5) is 0 Å². The second-order valence-corrected chi connectivity index (χ2v) is 7.96. The van der Waals surface area contributed by atoms with Crippen LogP contribution in [-0.4, -0.2) is 23.0 Å². The lowest BCUT2D eigenvalue weighted by atomic mass is 9.87. The van der Waals surface area contributed by atoms with Gasteiger partial charge >= 0.3 is 0 Å². The van der Waals surface area contributed by atoms with Crippen molar-refractivity contribution in [2.24, 2.45) is 10.4 Å². The summed E-state index contributed by atoms with van der Waals surface area (Å²) in [4.78, 5) is 4.85. The fourth-order valence-corrected chi connectivity index (χ4v) is 3.52. The van der Waals surface area contributed by atoms with E-state index in [1.165, 1.54) is 49.4 Å². The molecule has 0 aliphatic carbocycles. The van der Waals surface area contributed by atoms with Crippen LogP contribution in [0, 0.1) is 5.41 Å². The van der Waals surface area contributed by atoms with Crippen molar-refractivity contribution in [3.63, 3.8) is 0 Å². The van der Waals surface area contributed by atoms with Crippen molar-refractivity contribution in [2.75, 3.05) is 12.3 Å². The van der Waals surface area contributed by atoms with E-state index in [4.69, 9.17) is 4.99 Å². The number of nitrogens with one attached hydrogen (secondary N) is 1. The normalized spacial score (nSPS) is 26.5. The third kappa shape index (κ3) is 6.20. The van der Waals surface area contributed by atoms with Crippen molar-refractivity contribution in [1.82, 2.24) is 5.32 Å². The van der Waals surface area contributed by atoms with Crippen molar-refractivity contribution in [1.29, 1.82) is 0 Å². The molecule has 0 aromatic carbocycles. The highest BCUT2D eigenvalue weighted by molar-refractivity contribution is 8.13. The lowest BCUT2D eigenvalue weighted by Crippen LogP contribution is -2.48. The van der Waals surface area contributed by atoms with E-state index in [2.05, 4.69) is 39.9 Å². The molecule has 0 aromatic rings. The van der Waals surface area contributed by atoms with Crippen molar-refractivity contribution >= 4 is 16.9 Å². The van der Waals surface area contributed by atoms with E-state index in [-0.39, 0.29) is 5.54 Å². The third-order valence-electron chi connectivity index (χ3n) is 4.19. The number of amidine groups is 1. The van der Waals surface area contributed by atoms with Gasteiger partial charge in [-0.25, -0.2) is 0 Å². The number of thioether (sulfide) groups is 1. The minimum Gasteiger partial charge on any atom is -0.360 e. The minimum atomic E-state index is 0.260. The van der Waals surface area contributed by atoms with Crippen molar-refractivity contribution in [3.05, 3.63) is 0 Å². The monoisotopic (exact) mass is 284 g/mol. The van der Waals surface area contributed by atoms with Gasteiger partial charge < -0.3 is 5.32 Å². The number of hydrogen-bond acceptors (Lipinski definition) is 2. The van der Waals surface area contributed by atoms with Gasteiger partial charge in [-0.3, -0.25) is 4.99 Å². The number of nitrogens with zero attached hydrogens (tertiary/aromatic N) is 1. The van der Waals surface area contributed by atoms with Gasteiger partial charge in [0.05, 0.1) is 0 Å². The Morgan fingerprint density at radius 3 is 2.68 bits per heavy atom. The molecule has 1 aliphatic rings. The van der Waals surface area contributed by atoms with Gasteiger partial charge in [-0.2, -0.15) is 0 Å². The molecule has 1 aliphatic heterocycles. The smallest absolute Gasteiger partial charge is 0.156 e. The lowest BCUT2D eigenvalue weighted by Gasteiger charge is -2.35. The van der Waals surface area contributed by atoms with Crippen molar-refractivity contribution in [2.45, 2.75) is 78.7 Å². The average Bonchev–Trinajstić information content (AvgIpc) is 2.37. The molecule has 3 heteroatoms. The summed E-state index contributed by atoms with van der Waals surface area (Å²) in [6, 6.07) is 0. The van der Waals surface area contributed by atoms with Crippen LogP contribution in [0.5, 0.6) is 0 Å². The first-order chi connectivity index (χ1) is 8.91. The number of hydrogen-bond donors (Lipinski definition) is 1. The molecule has 1 saturated heterocycles. The Labute approximate surface area is 124 Å². The highest BCUT2D eigenvalue weighted by Gasteiger charge is 2.28. The Bertz CT molecular complexity index is 299. The zero-order valence-electron chi connectivity index (χ0n) is 13.5. The Morgan fingerprint density at radius 2 is 2.05 bits per heavy atom. The summed E-state index contributed by atoms with van der Waals surface area (Å²) < 4.78 is 0. The highest BCUT2D eigenvalue weighted by atomic mass is 32.2. The molecule has 0 bridgehead atoms. The maximum absolute atomic E-state index is 4.85. The molecule has 2 nitrogen and oxygen atoms in total. The summed E-state index contributed by atoms with van der Waals surface area (Å²) >= 11 is 1.89. The van der Waals surface area contributed by atoms with Gasteiger partial charge in [0.1, 0.15) is 0 Å². The summed E-state index contributed by atoms with van der Waals surface area (Å²) in [7, 11) is 0. The van der Waals surface area contributed by atoms with Crippen molar-refractivity contribution < 1.29 is 0 Å². The van der Waals surface area contributed by atoms with Crippen LogP contribution in [0.3, 0.4) is 0 Å². The van der Waals surface area contributed by atoms with Gasteiger partial charge in [0.15, 0.2) is 5.17 Å². The second-order valence-electron chi connectivity index (χ2n) is 6.88. The average molecular weight is 285 g/mol. The fourth-order valence-electron chi connectivity index (χ4n) is 2.30. The predicted molar refractivity (Wildman–Crippen MR) is 89.1 cm³/mol. The van der Waals surface area contributed by atoms with Crippen LogP contribution in [0.25, 0.3) is 0 Å². The molecule has 0 radical (unpaired) electrons. The molecular formula is C16H32N2S. The van der Waals surface area contributed by atoms with E-state index in [1.54, 1.807) is 0 Å². The summed E-state index contributed by atoms with van der Waals surface area (Å²) in [5.74, 6) is 1.20. The topological polar surface area (TPSA) is 24.4 Å². The summed E-state index contributed by atoms with van der Waals surface area (Å²) in [5, 5.41) is 4.80. The largest absolute Gasteiger partial charge is 0.360 e. The molecular weight excluding hydrogens is 252 g/mol. The van der Waals surface area contributed by atoms with Gasteiger partial charge in [-0.15, -0.1) is 0 Å².